The summed E-state index contributed by atoms with van der Waals surface area (Å²) in [7, 11) is 0. The maximum Gasteiger partial charge on any atom is -0.0183 e. The Morgan fingerprint density at radius 3 is 1.56 bits per heavy atom. The number of benzene rings is 2. The van der Waals surface area contributed by atoms with Crippen molar-refractivity contribution in [2.45, 2.75) is 6.92 Å². The lowest BCUT2D eigenvalue weighted by Gasteiger charge is -1.86. The summed E-state index contributed by atoms with van der Waals surface area (Å²) in [5.41, 5.74) is 2.48. The van der Waals surface area contributed by atoms with Gasteiger partial charge in [-0.05, 0) is 29.1 Å². The Labute approximate surface area is 118 Å². The van der Waals surface area contributed by atoms with E-state index in [1.54, 1.807) is 0 Å². The first-order chi connectivity index (χ1) is 8.86. The predicted molar refractivity (Wildman–Crippen MR) is 85.6 cm³/mol. The fourth-order valence-electron chi connectivity index (χ4n) is 1.39. The first-order valence-corrected chi connectivity index (χ1v) is 6.78. The molecule has 0 saturated carbocycles. The van der Waals surface area contributed by atoms with E-state index in [0.29, 0.717) is 0 Å². The Morgan fingerprint density at radius 2 is 1.17 bits per heavy atom. The van der Waals surface area contributed by atoms with E-state index in [-0.39, 0.29) is 0 Å². The van der Waals surface area contributed by atoms with Gasteiger partial charge in [0.1, 0.15) is 0 Å². The molecule has 0 aliphatic carbocycles. The van der Waals surface area contributed by atoms with E-state index in [4.69, 9.17) is 0 Å². The van der Waals surface area contributed by atoms with Gasteiger partial charge in [0.05, 0.1) is 0 Å². The molecule has 0 bridgehead atoms. The molecule has 2 rings (SSSR count). The van der Waals surface area contributed by atoms with Crippen LogP contribution in [0, 0.1) is 0 Å². The van der Waals surface area contributed by atoms with Crippen LogP contribution in [0.4, 0.5) is 0 Å². The van der Waals surface area contributed by atoms with Crippen LogP contribution >= 0.6 is 15.9 Å². The molecule has 0 unspecified atom stereocenters. The normalized spacial score (nSPS) is 10.3. The van der Waals surface area contributed by atoms with Crippen molar-refractivity contribution in [3.63, 3.8) is 0 Å². The van der Waals surface area contributed by atoms with Crippen molar-refractivity contribution in [3.8, 4) is 0 Å². The van der Waals surface area contributed by atoms with Gasteiger partial charge < -0.3 is 0 Å². The Bertz CT molecular complexity index is 422. The molecule has 0 nitrogen and oxygen atoms in total. The van der Waals surface area contributed by atoms with Crippen molar-refractivity contribution in [2.75, 3.05) is 0 Å². The van der Waals surface area contributed by atoms with Crippen molar-refractivity contribution >= 4 is 28.1 Å². The zero-order valence-corrected chi connectivity index (χ0v) is 12.0. The van der Waals surface area contributed by atoms with Gasteiger partial charge in [-0.1, -0.05) is 88.7 Å². The summed E-state index contributed by atoms with van der Waals surface area (Å²) in [4.78, 5) is 1.85. The molecule has 0 atom stereocenters. The molecule has 0 aliphatic heterocycles. The van der Waals surface area contributed by atoms with E-state index in [2.05, 4.69) is 46.3 Å². The molecule has 2 aromatic carbocycles. The molecule has 1 heteroatoms. The first-order valence-electron chi connectivity index (χ1n) is 5.86. The monoisotopic (exact) mass is 300 g/mol. The number of hydrogen-bond donors (Lipinski definition) is 0. The van der Waals surface area contributed by atoms with Crippen LogP contribution in [0.3, 0.4) is 0 Å². The number of hydrogen-bond acceptors (Lipinski definition) is 0. The Morgan fingerprint density at radius 1 is 0.722 bits per heavy atom. The van der Waals surface area contributed by atoms with E-state index in [9.17, 15) is 0 Å². The molecule has 0 aromatic heterocycles. The largest absolute Gasteiger partial charge is 0.0871 e. The predicted octanol–water partition coefficient (Wildman–Crippen LogP) is 5.77. The van der Waals surface area contributed by atoms with Crippen LogP contribution < -0.4 is 0 Å². The second kappa shape index (κ2) is 9.43. The summed E-state index contributed by atoms with van der Waals surface area (Å²) in [5, 5.41) is 0. The fourth-order valence-corrected chi connectivity index (χ4v) is 1.70. The number of allylic oxidation sites excluding steroid dienone is 1. The molecule has 2 aromatic rings. The van der Waals surface area contributed by atoms with E-state index in [1.807, 2.05) is 60.5 Å². The lowest BCUT2D eigenvalue weighted by atomic mass is 10.2. The topological polar surface area (TPSA) is 0 Å². The molecule has 0 spiro atoms. The summed E-state index contributed by atoms with van der Waals surface area (Å²) < 4.78 is 0. The van der Waals surface area contributed by atoms with E-state index in [0.717, 1.165) is 0 Å². The highest BCUT2D eigenvalue weighted by Gasteiger charge is 1.78. The molecule has 18 heavy (non-hydrogen) atoms. The summed E-state index contributed by atoms with van der Waals surface area (Å²) in [6, 6.07) is 20.4. The molecular formula is C17H17Br. The van der Waals surface area contributed by atoms with Gasteiger partial charge in [-0.3, -0.25) is 0 Å². The summed E-state index contributed by atoms with van der Waals surface area (Å²) in [5.74, 6) is 0. The first kappa shape index (κ1) is 14.5. The second-order valence-electron chi connectivity index (χ2n) is 3.61. The van der Waals surface area contributed by atoms with Gasteiger partial charge in [-0.25, -0.2) is 0 Å². The highest BCUT2D eigenvalue weighted by atomic mass is 79.9. The Balaban J connectivity index is 0.000000180. The van der Waals surface area contributed by atoms with Gasteiger partial charge in [0.2, 0.25) is 0 Å². The zero-order chi connectivity index (χ0) is 13.1. The van der Waals surface area contributed by atoms with Crippen LogP contribution in [0.2, 0.25) is 0 Å². The molecule has 0 aliphatic rings. The van der Waals surface area contributed by atoms with E-state index >= 15 is 0 Å². The molecular weight excluding hydrogens is 284 g/mol. The summed E-state index contributed by atoms with van der Waals surface area (Å²) >= 11 is 3.21. The molecule has 0 N–H and O–H groups in total. The third-order valence-electron chi connectivity index (χ3n) is 2.21. The minimum Gasteiger partial charge on any atom is -0.0871 e. The van der Waals surface area contributed by atoms with Gasteiger partial charge >= 0.3 is 0 Å². The molecule has 0 amide bonds. The van der Waals surface area contributed by atoms with Crippen molar-refractivity contribution < 1.29 is 0 Å². The minimum atomic E-state index is 1.22. The van der Waals surface area contributed by atoms with Gasteiger partial charge in [0.15, 0.2) is 0 Å². The fraction of sp³-hybridized carbons (Fsp3) is 0.0588. The number of halogens is 1. The highest BCUT2D eigenvalue weighted by Crippen LogP contribution is 2.01. The van der Waals surface area contributed by atoms with Crippen LogP contribution in [-0.4, -0.2) is 0 Å². The third-order valence-corrected chi connectivity index (χ3v) is 2.48. The smallest absolute Gasteiger partial charge is 0.0183 e. The van der Waals surface area contributed by atoms with Crippen LogP contribution in [0.1, 0.15) is 18.1 Å². The van der Waals surface area contributed by atoms with Crippen LogP contribution in [0.5, 0.6) is 0 Å². The molecule has 0 heterocycles. The highest BCUT2D eigenvalue weighted by molar-refractivity contribution is 9.11. The Hall–Kier alpha value is -1.60. The third kappa shape index (κ3) is 6.21. The quantitative estimate of drug-likeness (QED) is 0.660. The zero-order valence-electron chi connectivity index (χ0n) is 10.5. The van der Waals surface area contributed by atoms with Gasteiger partial charge in [-0.2, -0.15) is 0 Å². The Kier molecular flexibility index (Phi) is 7.58. The van der Waals surface area contributed by atoms with Crippen LogP contribution in [0.15, 0.2) is 71.7 Å². The van der Waals surface area contributed by atoms with Gasteiger partial charge in [0.25, 0.3) is 0 Å². The lowest BCUT2D eigenvalue weighted by Crippen LogP contribution is -1.65. The average Bonchev–Trinajstić information content (AvgIpc) is 2.43. The van der Waals surface area contributed by atoms with Crippen molar-refractivity contribution in [1.29, 1.82) is 0 Å². The standard InChI is InChI=1S/C9H10.C8H7Br/c1-2-6-9-7-4-3-5-8-9;9-7-6-8-4-2-1-3-5-8/h2-8H,1H3;1-7H. The SMILES string of the molecule is BrC=Cc1ccccc1.CC=Cc1ccccc1. The second-order valence-corrected chi connectivity index (χ2v) is 4.14. The van der Waals surface area contributed by atoms with Crippen molar-refractivity contribution in [3.05, 3.63) is 82.9 Å². The van der Waals surface area contributed by atoms with E-state index in [1.165, 1.54) is 11.1 Å². The summed E-state index contributed by atoms with van der Waals surface area (Å²) in [6.07, 6.45) is 6.12. The maximum absolute atomic E-state index is 3.21. The van der Waals surface area contributed by atoms with Crippen molar-refractivity contribution in [1.82, 2.24) is 0 Å². The van der Waals surface area contributed by atoms with Crippen LogP contribution in [0.25, 0.3) is 12.2 Å². The molecule has 92 valence electrons. The van der Waals surface area contributed by atoms with Crippen molar-refractivity contribution in [2.24, 2.45) is 0 Å². The number of rotatable bonds is 2. The van der Waals surface area contributed by atoms with Crippen LogP contribution in [-0.2, 0) is 0 Å². The average molecular weight is 301 g/mol. The molecule has 0 fully saturated rings. The minimum absolute atomic E-state index is 1.22. The van der Waals surface area contributed by atoms with Gasteiger partial charge in [-0.15, -0.1) is 0 Å². The van der Waals surface area contributed by atoms with Gasteiger partial charge in [0, 0.05) is 0 Å². The maximum atomic E-state index is 3.21. The van der Waals surface area contributed by atoms with E-state index < -0.39 is 0 Å². The molecule has 0 saturated heterocycles. The summed E-state index contributed by atoms with van der Waals surface area (Å²) in [6.45, 7) is 2.02. The molecule has 0 radical (unpaired) electrons. The lowest BCUT2D eigenvalue weighted by molar-refractivity contribution is 1.64.